The van der Waals surface area contributed by atoms with Crippen LogP contribution in [0.1, 0.15) is 49.7 Å². The van der Waals surface area contributed by atoms with Crippen LogP contribution in [0.4, 0.5) is 23.2 Å². The highest BCUT2D eigenvalue weighted by Crippen LogP contribution is 2.49. The zero-order chi connectivity index (χ0) is 30.2. The summed E-state index contributed by atoms with van der Waals surface area (Å²) in [7, 11) is -3.34. The van der Waals surface area contributed by atoms with E-state index >= 15 is 0 Å². The zero-order valence-corrected chi connectivity index (χ0v) is 23.4. The summed E-state index contributed by atoms with van der Waals surface area (Å²) in [6.45, 7) is 1.84. The molecule has 1 aromatic carbocycles. The van der Waals surface area contributed by atoms with Gasteiger partial charge in [-0.15, -0.1) is 0 Å². The summed E-state index contributed by atoms with van der Waals surface area (Å²) in [5.74, 6) is -5.04. The fourth-order valence-electron chi connectivity index (χ4n) is 5.70. The van der Waals surface area contributed by atoms with Crippen molar-refractivity contribution in [2.24, 2.45) is 10.5 Å². The Labute approximate surface area is 240 Å². The molecule has 1 amide bonds. The van der Waals surface area contributed by atoms with Gasteiger partial charge in [0.25, 0.3) is 0 Å². The van der Waals surface area contributed by atoms with Crippen LogP contribution < -0.4 is 5.32 Å². The smallest absolute Gasteiger partial charge is 0.234 e. The van der Waals surface area contributed by atoms with Crippen molar-refractivity contribution in [1.29, 1.82) is 0 Å². The third kappa shape index (κ3) is 6.20. The number of carbonyl (C=O) groups is 1. The Morgan fingerprint density at radius 1 is 1.21 bits per heavy atom. The number of aromatic nitrogens is 1. The maximum absolute atomic E-state index is 14.9. The molecule has 0 bridgehead atoms. The standard InChI is InChI=1S/C28H28F4N6O3S/c1-28(11-18(30)10-19(31)12-28)25(16-2-4-17(29)5-3-16)26(36-37-33)27(39)35-24-14-34-13-23(32)22(24)9-6-20-15-38(20)42(40,41)21-7-8-21/h2-5,10-11,13-14,20-21,25-26H,6-9,12,15H2,1H3,(H,35,39)/t20-,25+,26-,28?,38?/m0/s1. The van der Waals surface area contributed by atoms with E-state index in [1.165, 1.54) is 29.6 Å². The lowest BCUT2D eigenvalue weighted by molar-refractivity contribution is -0.118. The third-order valence-electron chi connectivity index (χ3n) is 7.94. The van der Waals surface area contributed by atoms with Crippen molar-refractivity contribution in [2.45, 2.75) is 62.3 Å². The van der Waals surface area contributed by atoms with Crippen LogP contribution in [-0.2, 0) is 21.2 Å². The van der Waals surface area contributed by atoms with E-state index < -0.39 is 56.6 Å². The van der Waals surface area contributed by atoms with Gasteiger partial charge < -0.3 is 5.32 Å². The Bertz CT molecular complexity index is 1610. The second-order valence-electron chi connectivity index (χ2n) is 11.1. The second-order valence-corrected chi connectivity index (χ2v) is 13.3. The van der Waals surface area contributed by atoms with Crippen LogP contribution in [0.2, 0.25) is 0 Å². The second kappa shape index (κ2) is 11.5. The van der Waals surface area contributed by atoms with E-state index in [0.717, 1.165) is 24.4 Å². The van der Waals surface area contributed by atoms with E-state index in [1.54, 1.807) is 0 Å². The van der Waals surface area contributed by atoms with Crippen molar-refractivity contribution in [1.82, 2.24) is 9.29 Å². The van der Waals surface area contributed by atoms with Gasteiger partial charge in [-0.2, -0.15) is 4.31 Å². The molecule has 2 aromatic rings. The molecule has 5 rings (SSSR count). The molecule has 2 unspecified atom stereocenters. The van der Waals surface area contributed by atoms with Crippen molar-refractivity contribution in [3.63, 3.8) is 0 Å². The Morgan fingerprint density at radius 2 is 1.93 bits per heavy atom. The van der Waals surface area contributed by atoms with Crippen LogP contribution in [0.5, 0.6) is 0 Å². The van der Waals surface area contributed by atoms with Gasteiger partial charge in [-0.25, -0.2) is 26.0 Å². The predicted molar refractivity (Wildman–Crippen MR) is 147 cm³/mol. The van der Waals surface area contributed by atoms with Gasteiger partial charge in [-0.3, -0.25) is 9.78 Å². The third-order valence-corrected chi connectivity index (χ3v) is 10.4. The molecule has 0 spiro atoms. The largest absolute Gasteiger partial charge is 0.324 e. The molecule has 42 heavy (non-hydrogen) atoms. The van der Waals surface area contributed by atoms with Gasteiger partial charge in [0.05, 0.1) is 23.3 Å². The van der Waals surface area contributed by atoms with Gasteiger partial charge >= 0.3 is 0 Å². The molecule has 222 valence electrons. The molecule has 1 saturated carbocycles. The summed E-state index contributed by atoms with van der Waals surface area (Å²) in [5.41, 5.74) is 8.31. The Balaban J connectivity index is 1.42. The van der Waals surface area contributed by atoms with Crippen LogP contribution in [0.15, 0.2) is 65.6 Å². The number of carbonyl (C=O) groups excluding carboxylic acids is 1. The zero-order valence-electron chi connectivity index (χ0n) is 22.6. The Morgan fingerprint density at radius 3 is 2.57 bits per heavy atom. The van der Waals surface area contributed by atoms with Crippen LogP contribution in [0.3, 0.4) is 0 Å². The maximum Gasteiger partial charge on any atom is 0.234 e. The molecule has 9 nitrogen and oxygen atoms in total. The number of amides is 1. The summed E-state index contributed by atoms with van der Waals surface area (Å²) >= 11 is 0. The quantitative estimate of drug-likeness (QED) is 0.111. The topological polar surface area (TPSA) is 128 Å². The number of hydrogen-bond acceptors (Lipinski definition) is 5. The monoisotopic (exact) mass is 604 g/mol. The summed E-state index contributed by atoms with van der Waals surface area (Å²) in [6.07, 6.45) is 5.36. The first-order chi connectivity index (χ1) is 19.9. The number of halogens is 4. The van der Waals surface area contributed by atoms with Gasteiger partial charge in [-0.05, 0) is 55.0 Å². The number of nitrogens with one attached hydrogen (secondary N) is 1. The predicted octanol–water partition coefficient (Wildman–Crippen LogP) is 5.99. The number of nitrogens with zero attached hydrogens (tertiary/aromatic N) is 5. The Kier molecular flexibility index (Phi) is 8.15. The summed E-state index contributed by atoms with van der Waals surface area (Å²) in [6, 6.07) is 3.04. The first kappa shape index (κ1) is 29.7. The van der Waals surface area contributed by atoms with Gasteiger partial charge in [0, 0.05) is 46.9 Å². The van der Waals surface area contributed by atoms with Crippen molar-refractivity contribution < 1.29 is 30.8 Å². The number of rotatable bonds is 11. The molecule has 2 fully saturated rings. The summed E-state index contributed by atoms with van der Waals surface area (Å²) < 4.78 is 84.0. The minimum atomic E-state index is -3.34. The highest BCUT2D eigenvalue weighted by Gasteiger charge is 2.50. The average Bonchev–Trinajstić information content (AvgIpc) is 3.82. The molecule has 14 heteroatoms. The fourth-order valence-corrected chi connectivity index (χ4v) is 7.71. The minimum absolute atomic E-state index is 0.0187. The van der Waals surface area contributed by atoms with Crippen LogP contribution in [-0.4, -0.2) is 47.5 Å². The highest BCUT2D eigenvalue weighted by molar-refractivity contribution is 7.90. The van der Waals surface area contributed by atoms with Crippen molar-refractivity contribution >= 4 is 21.6 Å². The van der Waals surface area contributed by atoms with Gasteiger partial charge in [-0.1, -0.05) is 24.2 Å². The van der Waals surface area contributed by atoms with E-state index in [4.69, 9.17) is 0 Å². The molecule has 0 radical (unpaired) electrons. The molecule has 3 aliphatic rings. The maximum atomic E-state index is 14.9. The highest BCUT2D eigenvalue weighted by atomic mass is 32.2. The van der Waals surface area contributed by atoms with E-state index in [2.05, 4.69) is 20.3 Å². The lowest BCUT2D eigenvalue weighted by atomic mass is 9.66. The number of allylic oxidation sites excluding steroid dienone is 4. The fraction of sp³-hybridized carbons (Fsp3) is 0.429. The van der Waals surface area contributed by atoms with E-state index in [1.807, 2.05) is 0 Å². The average molecular weight is 605 g/mol. The molecular formula is C28H28F4N6O3S. The normalized spacial score (nSPS) is 25.0. The van der Waals surface area contributed by atoms with Crippen molar-refractivity contribution in [3.05, 3.63) is 93.7 Å². The molecule has 5 atom stereocenters. The van der Waals surface area contributed by atoms with Gasteiger partial charge in [0.15, 0.2) is 0 Å². The number of benzene rings is 1. The summed E-state index contributed by atoms with van der Waals surface area (Å²) in [5, 5.41) is 5.89. The number of anilines is 1. The number of hydrogen-bond donors (Lipinski definition) is 1. The van der Waals surface area contributed by atoms with Gasteiger partial charge in [0.1, 0.15) is 29.3 Å². The van der Waals surface area contributed by atoms with Crippen molar-refractivity contribution in [3.8, 4) is 0 Å². The summed E-state index contributed by atoms with van der Waals surface area (Å²) in [4.78, 5) is 20.3. The van der Waals surface area contributed by atoms with E-state index in [0.29, 0.717) is 31.9 Å². The first-order valence-electron chi connectivity index (χ1n) is 13.4. The molecular weight excluding hydrogens is 576 g/mol. The lowest BCUT2D eigenvalue weighted by Crippen LogP contribution is -2.40. The molecule has 1 aromatic heterocycles. The number of pyridine rings is 1. The van der Waals surface area contributed by atoms with Gasteiger partial charge in [0.2, 0.25) is 15.9 Å². The minimum Gasteiger partial charge on any atom is -0.324 e. The molecule has 2 aliphatic carbocycles. The van der Waals surface area contributed by atoms with E-state index in [-0.39, 0.29) is 40.9 Å². The van der Waals surface area contributed by atoms with Crippen LogP contribution >= 0.6 is 0 Å². The first-order valence-corrected chi connectivity index (χ1v) is 14.9. The number of sulfonamides is 1. The molecule has 1 saturated heterocycles. The van der Waals surface area contributed by atoms with Crippen LogP contribution in [0, 0.1) is 17.0 Å². The van der Waals surface area contributed by atoms with Crippen molar-refractivity contribution in [2.75, 3.05) is 11.9 Å². The Hall–Kier alpha value is -3.74. The molecule has 1 N–H and O–H groups in total. The molecule has 2 heterocycles. The molecule has 1 aliphatic heterocycles. The SMILES string of the molecule is CC1([C@H](c2ccc(F)cc2)[C@H](N=[N+]=[N-])C(=O)Nc2cncc(F)c2CC[C@H]2CN2S(=O)(=O)C2CC2)C=C(F)C=C(F)C1. The van der Waals surface area contributed by atoms with Crippen LogP contribution in [0.25, 0.3) is 10.4 Å². The number of azide groups is 1. The van der Waals surface area contributed by atoms with E-state index in [9.17, 15) is 36.3 Å². The lowest BCUT2D eigenvalue weighted by Gasteiger charge is -2.39.